The first kappa shape index (κ1) is 18.6. The van der Waals surface area contributed by atoms with Crippen molar-refractivity contribution in [3.8, 4) is 5.95 Å². The third-order valence-corrected chi connectivity index (χ3v) is 4.57. The normalized spacial score (nSPS) is 11.0. The summed E-state index contributed by atoms with van der Waals surface area (Å²) in [5.74, 6) is 0.462. The molecular weight excluding hydrogens is 366 g/mol. The van der Waals surface area contributed by atoms with Gasteiger partial charge in [0.25, 0.3) is 11.5 Å². The van der Waals surface area contributed by atoms with Crippen molar-refractivity contribution in [3.05, 3.63) is 81.9 Å². The Labute approximate surface area is 167 Å². The summed E-state index contributed by atoms with van der Waals surface area (Å²) in [6.07, 6.45) is 1.57. The number of carbonyl (C=O) groups excluding carboxylic acids is 1. The van der Waals surface area contributed by atoms with Crippen molar-refractivity contribution in [2.24, 2.45) is 0 Å². The van der Waals surface area contributed by atoms with Crippen molar-refractivity contribution in [2.45, 2.75) is 26.7 Å². The molecule has 0 spiro atoms. The number of aromatic nitrogens is 4. The van der Waals surface area contributed by atoms with Gasteiger partial charge in [0.05, 0.1) is 5.69 Å². The Morgan fingerprint density at radius 2 is 1.90 bits per heavy atom. The van der Waals surface area contributed by atoms with Crippen LogP contribution in [0.4, 0.5) is 5.82 Å². The second kappa shape index (κ2) is 7.71. The van der Waals surface area contributed by atoms with Gasteiger partial charge in [-0.05, 0) is 36.2 Å². The molecule has 0 radical (unpaired) electrons. The molecule has 0 aliphatic rings. The summed E-state index contributed by atoms with van der Waals surface area (Å²) >= 11 is 0. The topological polar surface area (TPSA) is 92.7 Å². The Morgan fingerprint density at radius 3 is 2.69 bits per heavy atom. The van der Waals surface area contributed by atoms with E-state index in [-0.39, 0.29) is 17.4 Å². The monoisotopic (exact) mass is 387 g/mol. The fourth-order valence-corrected chi connectivity index (χ4v) is 3.25. The molecule has 2 aromatic heterocycles. The van der Waals surface area contributed by atoms with Crippen LogP contribution in [0.2, 0.25) is 0 Å². The first-order valence-corrected chi connectivity index (χ1v) is 9.51. The number of aryl methyl sites for hydroxylation is 2. The Bertz CT molecular complexity index is 1260. The third-order valence-electron chi connectivity index (χ3n) is 4.57. The average Bonchev–Trinajstić information content (AvgIpc) is 3.07. The molecule has 146 valence electrons. The van der Waals surface area contributed by atoms with E-state index in [1.54, 1.807) is 12.1 Å². The number of nitrogens with zero attached hydrogens (tertiary/aromatic N) is 3. The van der Waals surface area contributed by atoms with Crippen LogP contribution in [0.3, 0.4) is 0 Å². The van der Waals surface area contributed by atoms with E-state index in [0.717, 1.165) is 17.2 Å². The van der Waals surface area contributed by atoms with Crippen molar-refractivity contribution in [2.75, 3.05) is 5.32 Å². The maximum absolute atomic E-state index is 12.8. The van der Waals surface area contributed by atoms with Gasteiger partial charge in [0.1, 0.15) is 5.82 Å². The van der Waals surface area contributed by atoms with Crippen LogP contribution in [0.25, 0.3) is 16.7 Å². The highest BCUT2D eigenvalue weighted by Gasteiger charge is 2.15. The standard InChI is InChI=1S/C22H21N5O2/c1-3-6-18-13-20(28)25-22(23-18)27-19(11-14(2)26-27)24-21(29)17-10-9-15-7-4-5-8-16(15)12-17/h4-5,7-13H,3,6H2,1-2H3,(H,24,29)(H,23,25,28). The second-order valence-electron chi connectivity index (χ2n) is 6.91. The number of anilines is 1. The Morgan fingerprint density at radius 1 is 1.10 bits per heavy atom. The van der Waals surface area contributed by atoms with Gasteiger partial charge in [-0.15, -0.1) is 0 Å². The van der Waals surface area contributed by atoms with Gasteiger partial charge in [-0.25, -0.2) is 4.98 Å². The third kappa shape index (κ3) is 3.94. The summed E-state index contributed by atoms with van der Waals surface area (Å²) in [6, 6.07) is 16.6. The van der Waals surface area contributed by atoms with Crippen LogP contribution in [-0.4, -0.2) is 25.7 Å². The number of amides is 1. The summed E-state index contributed by atoms with van der Waals surface area (Å²) < 4.78 is 1.45. The van der Waals surface area contributed by atoms with Gasteiger partial charge < -0.3 is 5.32 Å². The fraction of sp³-hybridized carbons (Fsp3) is 0.182. The minimum absolute atomic E-state index is 0.251. The predicted molar refractivity (Wildman–Crippen MR) is 113 cm³/mol. The molecule has 0 saturated heterocycles. The maximum Gasteiger partial charge on any atom is 0.256 e. The number of rotatable bonds is 5. The zero-order valence-electron chi connectivity index (χ0n) is 16.3. The Hall–Kier alpha value is -3.74. The first-order chi connectivity index (χ1) is 14.0. The summed E-state index contributed by atoms with van der Waals surface area (Å²) in [7, 11) is 0. The summed E-state index contributed by atoms with van der Waals surface area (Å²) in [5.41, 5.74) is 1.67. The molecule has 2 heterocycles. The average molecular weight is 387 g/mol. The number of nitrogens with one attached hydrogen (secondary N) is 2. The van der Waals surface area contributed by atoms with Gasteiger partial charge in [-0.2, -0.15) is 9.78 Å². The van der Waals surface area contributed by atoms with E-state index in [1.807, 2.05) is 50.2 Å². The van der Waals surface area contributed by atoms with Crippen LogP contribution in [0, 0.1) is 6.92 Å². The molecule has 29 heavy (non-hydrogen) atoms. The molecule has 0 saturated carbocycles. The zero-order chi connectivity index (χ0) is 20.4. The van der Waals surface area contributed by atoms with Gasteiger partial charge >= 0.3 is 0 Å². The molecule has 0 aliphatic carbocycles. The number of aromatic amines is 1. The van der Waals surface area contributed by atoms with Crippen LogP contribution in [0.1, 0.15) is 35.1 Å². The molecule has 0 fully saturated rings. The highest BCUT2D eigenvalue weighted by Crippen LogP contribution is 2.19. The van der Waals surface area contributed by atoms with Crippen LogP contribution < -0.4 is 10.9 Å². The highest BCUT2D eigenvalue weighted by molar-refractivity contribution is 6.06. The quantitative estimate of drug-likeness (QED) is 0.547. The van der Waals surface area contributed by atoms with E-state index in [0.29, 0.717) is 29.2 Å². The van der Waals surface area contributed by atoms with Crippen LogP contribution >= 0.6 is 0 Å². The molecule has 0 bridgehead atoms. The molecule has 0 atom stereocenters. The molecule has 4 rings (SSSR count). The molecule has 4 aromatic rings. The van der Waals surface area contributed by atoms with Gasteiger partial charge in [-0.3, -0.25) is 14.6 Å². The molecule has 7 heteroatoms. The molecule has 2 N–H and O–H groups in total. The summed E-state index contributed by atoms with van der Waals surface area (Å²) in [5, 5.41) is 9.33. The predicted octanol–water partition coefficient (Wildman–Crippen LogP) is 3.62. The van der Waals surface area contributed by atoms with Gasteiger partial charge in [0.2, 0.25) is 5.95 Å². The lowest BCUT2D eigenvalue weighted by molar-refractivity contribution is 0.102. The molecule has 0 unspecified atom stereocenters. The SMILES string of the molecule is CCCc1cc(=O)[nH]c(-n2nc(C)cc2NC(=O)c2ccc3ccccc3c2)n1. The first-order valence-electron chi connectivity index (χ1n) is 9.51. The van der Waals surface area contributed by atoms with Crippen molar-refractivity contribution in [1.82, 2.24) is 19.7 Å². The van der Waals surface area contributed by atoms with Gasteiger partial charge in [0, 0.05) is 23.4 Å². The number of fused-ring (bicyclic) bond motifs is 1. The summed E-state index contributed by atoms with van der Waals surface area (Å²) in [4.78, 5) is 32.0. The smallest absolute Gasteiger partial charge is 0.256 e. The van der Waals surface area contributed by atoms with Crippen molar-refractivity contribution >= 4 is 22.5 Å². The molecule has 2 aromatic carbocycles. The number of hydrogen-bond acceptors (Lipinski definition) is 4. The summed E-state index contributed by atoms with van der Waals surface area (Å²) in [6.45, 7) is 3.84. The Kier molecular flexibility index (Phi) is 4.95. The van der Waals surface area contributed by atoms with Gasteiger partial charge in [-0.1, -0.05) is 43.7 Å². The lowest BCUT2D eigenvalue weighted by Crippen LogP contribution is -2.19. The molecular formula is C22H21N5O2. The number of carbonyl (C=O) groups is 1. The lowest BCUT2D eigenvalue weighted by Gasteiger charge is -2.09. The largest absolute Gasteiger partial charge is 0.306 e. The molecule has 1 amide bonds. The second-order valence-corrected chi connectivity index (χ2v) is 6.91. The van der Waals surface area contributed by atoms with Crippen LogP contribution in [-0.2, 0) is 6.42 Å². The number of hydrogen-bond donors (Lipinski definition) is 2. The Balaban J connectivity index is 1.68. The lowest BCUT2D eigenvalue weighted by atomic mass is 10.1. The van der Waals surface area contributed by atoms with Gasteiger partial charge in [0.15, 0.2) is 0 Å². The maximum atomic E-state index is 12.8. The number of H-pyrrole nitrogens is 1. The van der Waals surface area contributed by atoms with E-state index in [2.05, 4.69) is 20.4 Å². The minimum atomic E-state index is -0.260. The fourth-order valence-electron chi connectivity index (χ4n) is 3.25. The zero-order valence-corrected chi connectivity index (χ0v) is 16.3. The van der Waals surface area contributed by atoms with E-state index >= 15 is 0 Å². The minimum Gasteiger partial charge on any atom is -0.306 e. The number of benzene rings is 2. The van der Waals surface area contributed by atoms with E-state index in [1.165, 1.54) is 10.7 Å². The van der Waals surface area contributed by atoms with Crippen molar-refractivity contribution < 1.29 is 4.79 Å². The molecule has 7 nitrogen and oxygen atoms in total. The van der Waals surface area contributed by atoms with Crippen molar-refractivity contribution in [1.29, 1.82) is 0 Å². The van der Waals surface area contributed by atoms with Crippen LogP contribution in [0.5, 0.6) is 0 Å². The van der Waals surface area contributed by atoms with E-state index in [9.17, 15) is 9.59 Å². The highest BCUT2D eigenvalue weighted by atomic mass is 16.1. The van der Waals surface area contributed by atoms with Crippen LogP contribution in [0.15, 0.2) is 59.4 Å². The van der Waals surface area contributed by atoms with Crippen molar-refractivity contribution in [3.63, 3.8) is 0 Å². The van der Waals surface area contributed by atoms with E-state index < -0.39 is 0 Å². The van der Waals surface area contributed by atoms with E-state index in [4.69, 9.17) is 0 Å². The molecule has 0 aliphatic heterocycles.